The van der Waals surface area contributed by atoms with Gasteiger partial charge in [-0.2, -0.15) is 0 Å². The molecule has 0 radical (unpaired) electrons. The van der Waals surface area contributed by atoms with Crippen LogP contribution in [0.25, 0.3) is 0 Å². The number of ether oxygens (including phenoxy) is 3. The highest BCUT2D eigenvalue weighted by molar-refractivity contribution is 5.71. The first-order valence-electron chi connectivity index (χ1n) is 25.6. The van der Waals surface area contributed by atoms with E-state index < -0.39 is 6.10 Å². The van der Waals surface area contributed by atoms with Gasteiger partial charge in [-0.25, -0.2) is 0 Å². The van der Waals surface area contributed by atoms with E-state index in [9.17, 15) is 14.4 Å². The van der Waals surface area contributed by atoms with E-state index in [1.165, 1.54) is 96.3 Å². The first-order valence-corrected chi connectivity index (χ1v) is 25.6. The van der Waals surface area contributed by atoms with Crippen LogP contribution in [0.1, 0.15) is 233 Å². The van der Waals surface area contributed by atoms with Gasteiger partial charge in [0, 0.05) is 19.3 Å². The first-order chi connectivity index (χ1) is 30.5. The van der Waals surface area contributed by atoms with Crippen LogP contribution in [0.4, 0.5) is 0 Å². The van der Waals surface area contributed by atoms with Crippen LogP contribution in [-0.4, -0.2) is 37.2 Å². The van der Waals surface area contributed by atoms with Crippen LogP contribution in [0.15, 0.2) is 85.1 Å². The maximum Gasteiger partial charge on any atom is 0.306 e. The van der Waals surface area contributed by atoms with Gasteiger partial charge >= 0.3 is 17.9 Å². The summed E-state index contributed by atoms with van der Waals surface area (Å²) in [5, 5.41) is 0. The molecule has 0 fully saturated rings. The summed E-state index contributed by atoms with van der Waals surface area (Å²) in [6.45, 7) is 6.42. The van der Waals surface area contributed by atoms with Crippen molar-refractivity contribution in [2.75, 3.05) is 13.2 Å². The first kappa shape index (κ1) is 58.6. The van der Waals surface area contributed by atoms with Crippen LogP contribution in [0.5, 0.6) is 0 Å². The van der Waals surface area contributed by atoms with E-state index in [1.807, 2.05) is 6.08 Å². The third kappa shape index (κ3) is 47.6. The van der Waals surface area contributed by atoms with Crippen LogP contribution in [0.2, 0.25) is 0 Å². The third-order valence-electron chi connectivity index (χ3n) is 10.6. The average Bonchev–Trinajstić information content (AvgIpc) is 3.27. The molecule has 0 saturated carbocycles. The summed E-state index contributed by atoms with van der Waals surface area (Å²) in [6, 6.07) is 0. The van der Waals surface area contributed by atoms with Gasteiger partial charge in [0.25, 0.3) is 0 Å². The van der Waals surface area contributed by atoms with Crippen LogP contribution in [0.3, 0.4) is 0 Å². The van der Waals surface area contributed by atoms with Crippen LogP contribution >= 0.6 is 0 Å². The summed E-state index contributed by atoms with van der Waals surface area (Å²) in [5.74, 6) is -1.00. The molecule has 0 amide bonds. The molecule has 0 aliphatic heterocycles. The van der Waals surface area contributed by atoms with E-state index in [4.69, 9.17) is 14.2 Å². The molecule has 0 unspecified atom stereocenters. The number of hydrogen-bond donors (Lipinski definition) is 0. The lowest BCUT2D eigenvalue weighted by molar-refractivity contribution is -0.166. The van der Waals surface area contributed by atoms with Crippen LogP contribution in [0, 0.1) is 0 Å². The van der Waals surface area contributed by atoms with Crippen molar-refractivity contribution >= 4 is 17.9 Å². The zero-order valence-electron chi connectivity index (χ0n) is 40.4. The molecule has 0 N–H and O–H groups in total. The molecule has 0 saturated heterocycles. The van der Waals surface area contributed by atoms with Crippen molar-refractivity contribution in [2.24, 2.45) is 0 Å². The molecule has 0 aromatic heterocycles. The fourth-order valence-corrected chi connectivity index (χ4v) is 6.81. The van der Waals surface area contributed by atoms with Gasteiger partial charge in [-0.1, -0.05) is 215 Å². The van der Waals surface area contributed by atoms with Crippen LogP contribution in [-0.2, 0) is 28.6 Å². The lowest BCUT2D eigenvalue weighted by Gasteiger charge is -2.18. The minimum absolute atomic E-state index is 0.102. The Morgan fingerprint density at radius 1 is 0.339 bits per heavy atom. The molecule has 0 aromatic rings. The Morgan fingerprint density at radius 2 is 0.661 bits per heavy atom. The molecule has 6 heteroatoms. The number of rotatable bonds is 45. The molecule has 354 valence electrons. The third-order valence-corrected chi connectivity index (χ3v) is 10.6. The van der Waals surface area contributed by atoms with Gasteiger partial charge in [0.2, 0.25) is 0 Å². The van der Waals surface area contributed by atoms with Crippen molar-refractivity contribution < 1.29 is 28.6 Å². The Hall–Kier alpha value is -3.41. The maximum absolute atomic E-state index is 12.8. The quantitative estimate of drug-likeness (QED) is 0.0263. The molecular formula is C56H94O6. The van der Waals surface area contributed by atoms with Gasteiger partial charge in [0.1, 0.15) is 13.2 Å². The Kier molecular flexibility index (Phi) is 47.5. The van der Waals surface area contributed by atoms with E-state index in [0.29, 0.717) is 19.3 Å². The number of carbonyl (C=O) groups is 3. The SMILES string of the molecule is CC/C=C\C/C=C\C/C=C\C/C=C\C/C=C\C/C=C\CCC(=O)OC[C@@H](COC(=O)CCCCCCCCCCC)OC(=O)CCCCCCC/C=C\CCCCCCCCC. The summed E-state index contributed by atoms with van der Waals surface area (Å²) in [5.41, 5.74) is 0. The minimum Gasteiger partial charge on any atom is -0.462 e. The van der Waals surface area contributed by atoms with E-state index in [2.05, 4.69) is 99.8 Å². The monoisotopic (exact) mass is 863 g/mol. The molecular weight excluding hydrogens is 769 g/mol. The van der Waals surface area contributed by atoms with E-state index >= 15 is 0 Å². The molecule has 0 bridgehead atoms. The van der Waals surface area contributed by atoms with Gasteiger partial charge in [0.15, 0.2) is 6.10 Å². The van der Waals surface area contributed by atoms with Crippen molar-refractivity contribution in [1.29, 1.82) is 0 Å². The Labute approximate surface area is 382 Å². The molecule has 62 heavy (non-hydrogen) atoms. The fourth-order valence-electron chi connectivity index (χ4n) is 6.81. The standard InChI is InChI=1S/C56H94O6/c1-4-7-10-13-16-19-21-23-25-27-28-29-31-32-34-37-40-43-46-49-55(58)61-52-53(51-60-54(57)48-45-42-39-36-18-15-12-9-6-3)62-56(59)50-47-44-41-38-35-33-30-26-24-22-20-17-14-11-8-5-2/h7,10,16,19,23,25-26,28-30,32,34,40,43,53H,4-6,8-9,11-15,17-18,20-22,24,27,31,33,35-39,41-42,44-52H2,1-3H3/b10-7-,19-16-,25-23-,29-28-,30-26-,34-32-,43-40-/t53-/m1/s1. The van der Waals surface area contributed by atoms with E-state index in [0.717, 1.165) is 89.9 Å². The van der Waals surface area contributed by atoms with Gasteiger partial charge < -0.3 is 14.2 Å². The van der Waals surface area contributed by atoms with E-state index in [-0.39, 0.29) is 37.5 Å². The second-order valence-electron chi connectivity index (χ2n) is 16.7. The Bertz CT molecular complexity index is 1220. The second kappa shape index (κ2) is 50.2. The Morgan fingerprint density at radius 3 is 1.08 bits per heavy atom. The molecule has 0 aliphatic rings. The number of carbonyl (C=O) groups excluding carboxylic acids is 3. The summed E-state index contributed by atoms with van der Waals surface area (Å²) in [6.07, 6.45) is 64.4. The molecule has 0 aromatic carbocycles. The Balaban J connectivity index is 4.46. The van der Waals surface area contributed by atoms with Crippen LogP contribution < -0.4 is 0 Å². The van der Waals surface area contributed by atoms with Crippen molar-refractivity contribution in [3.63, 3.8) is 0 Å². The molecule has 0 aliphatic carbocycles. The zero-order chi connectivity index (χ0) is 45.1. The summed E-state index contributed by atoms with van der Waals surface area (Å²) >= 11 is 0. The predicted octanol–water partition coefficient (Wildman–Crippen LogP) is 16.8. The predicted molar refractivity (Wildman–Crippen MR) is 265 cm³/mol. The molecule has 0 rings (SSSR count). The van der Waals surface area contributed by atoms with Gasteiger partial charge in [0.05, 0.1) is 0 Å². The highest BCUT2D eigenvalue weighted by Gasteiger charge is 2.19. The molecule has 0 spiro atoms. The fraction of sp³-hybridized carbons (Fsp3) is 0.696. The highest BCUT2D eigenvalue weighted by Crippen LogP contribution is 2.14. The van der Waals surface area contributed by atoms with Crippen molar-refractivity contribution in [2.45, 2.75) is 239 Å². The maximum atomic E-state index is 12.8. The largest absolute Gasteiger partial charge is 0.462 e. The number of allylic oxidation sites excluding steroid dienone is 14. The summed E-state index contributed by atoms with van der Waals surface area (Å²) < 4.78 is 16.7. The number of esters is 3. The van der Waals surface area contributed by atoms with Crippen molar-refractivity contribution in [1.82, 2.24) is 0 Å². The van der Waals surface area contributed by atoms with E-state index in [1.54, 1.807) is 0 Å². The normalized spacial score (nSPS) is 12.8. The number of hydrogen-bond acceptors (Lipinski definition) is 6. The molecule has 6 nitrogen and oxygen atoms in total. The minimum atomic E-state index is -0.808. The smallest absolute Gasteiger partial charge is 0.306 e. The lowest BCUT2D eigenvalue weighted by atomic mass is 10.1. The van der Waals surface area contributed by atoms with Gasteiger partial charge in [-0.3, -0.25) is 14.4 Å². The second-order valence-corrected chi connectivity index (χ2v) is 16.7. The zero-order valence-corrected chi connectivity index (χ0v) is 40.4. The summed E-state index contributed by atoms with van der Waals surface area (Å²) in [7, 11) is 0. The lowest BCUT2D eigenvalue weighted by Crippen LogP contribution is -2.30. The van der Waals surface area contributed by atoms with Gasteiger partial charge in [-0.05, 0) is 83.5 Å². The summed E-state index contributed by atoms with van der Waals surface area (Å²) in [4.78, 5) is 37.8. The molecule has 1 atom stereocenters. The van der Waals surface area contributed by atoms with Crippen molar-refractivity contribution in [3.05, 3.63) is 85.1 Å². The topological polar surface area (TPSA) is 78.9 Å². The molecule has 0 heterocycles. The van der Waals surface area contributed by atoms with Gasteiger partial charge in [-0.15, -0.1) is 0 Å². The average molecular weight is 863 g/mol. The number of unbranched alkanes of at least 4 members (excludes halogenated alkanes) is 20. The highest BCUT2D eigenvalue weighted by atomic mass is 16.6. The van der Waals surface area contributed by atoms with Crippen molar-refractivity contribution in [3.8, 4) is 0 Å².